The predicted octanol–water partition coefficient (Wildman–Crippen LogP) is 5.22. The van der Waals surface area contributed by atoms with Crippen molar-refractivity contribution in [3.63, 3.8) is 0 Å². The van der Waals surface area contributed by atoms with Crippen LogP contribution in [0.5, 0.6) is 5.75 Å². The molecule has 2 saturated heterocycles. The molecular formula is C29H39F3N2O3. The molecular weight excluding hydrogens is 481 g/mol. The van der Waals surface area contributed by atoms with Gasteiger partial charge in [-0.15, -0.1) is 0 Å². The molecule has 37 heavy (non-hydrogen) atoms. The molecule has 1 N–H and O–H groups in total. The van der Waals surface area contributed by atoms with Crippen LogP contribution in [-0.2, 0) is 23.1 Å². The number of halogens is 3. The minimum Gasteiger partial charge on any atom is -0.493 e. The van der Waals surface area contributed by atoms with Crippen LogP contribution >= 0.6 is 0 Å². The van der Waals surface area contributed by atoms with Crippen molar-refractivity contribution in [2.24, 2.45) is 0 Å². The van der Waals surface area contributed by atoms with Crippen molar-refractivity contribution in [2.75, 3.05) is 52.5 Å². The Labute approximate surface area is 218 Å². The number of piperidine rings is 1. The van der Waals surface area contributed by atoms with E-state index in [1.165, 1.54) is 24.1 Å². The molecule has 0 aliphatic carbocycles. The van der Waals surface area contributed by atoms with Gasteiger partial charge in [-0.2, -0.15) is 13.2 Å². The Balaban J connectivity index is 1.31. The van der Waals surface area contributed by atoms with Gasteiger partial charge in [-0.3, -0.25) is 9.80 Å². The summed E-state index contributed by atoms with van der Waals surface area (Å²) in [5.74, 6) is 0.913. The lowest BCUT2D eigenvalue weighted by Gasteiger charge is -2.39. The largest absolute Gasteiger partial charge is 0.493 e. The average Bonchev–Trinajstić information content (AvgIpc) is 2.87. The lowest BCUT2D eigenvalue weighted by atomic mass is 9.83. The number of hydrogen-bond acceptors (Lipinski definition) is 5. The minimum absolute atomic E-state index is 0.174. The van der Waals surface area contributed by atoms with E-state index in [4.69, 9.17) is 9.47 Å². The first kappa shape index (κ1) is 27.9. The Morgan fingerprint density at radius 1 is 0.946 bits per heavy atom. The first-order valence-corrected chi connectivity index (χ1v) is 13.2. The lowest BCUT2D eigenvalue weighted by molar-refractivity contribution is -0.138. The predicted molar refractivity (Wildman–Crippen MR) is 138 cm³/mol. The molecule has 0 bridgehead atoms. The molecule has 0 radical (unpaired) electrons. The highest BCUT2D eigenvalue weighted by Crippen LogP contribution is 2.38. The van der Waals surface area contributed by atoms with Crippen molar-refractivity contribution in [3.05, 3.63) is 63.7 Å². The molecule has 4 rings (SSSR count). The van der Waals surface area contributed by atoms with Gasteiger partial charge in [0.1, 0.15) is 5.75 Å². The maximum absolute atomic E-state index is 13.4. The van der Waals surface area contributed by atoms with Crippen LogP contribution in [0.4, 0.5) is 13.2 Å². The fourth-order valence-corrected chi connectivity index (χ4v) is 5.30. The van der Waals surface area contributed by atoms with Crippen LogP contribution in [0.2, 0.25) is 0 Å². The van der Waals surface area contributed by atoms with Crippen LogP contribution in [0.15, 0.2) is 30.3 Å². The maximum atomic E-state index is 13.4. The molecule has 0 unspecified atom stereocenters. The van der Waals surface area contributed by atoms with Gasteiger partial charge in [-0.1, -0.05) is 18.2 Å². The molecule has 0 saturated carbocycles. The number of nitrogens with zero attached hydrogens (tertiary/aromatic N) is 2. The summed E-state index contributed by atoms with van der Waals surface area (Å²) >= 11 is 0. The van der Waals surface area contributed by atoms with Crippen molar-refractivity contribution in [3.8, 4) is 5.75 Å². The summed E-state index contributed by atoms with van der Waals surface area (Å²) in [7, 11) is 0. The summed E-state index contributed by atoms with van der Waals surface area (Å²) in [6.45, 7) is 12.9. The summed E-state index contributed by atoms with van der Waals surface area (Å²) < 4.78 is 51.6. The third-order valence-electron chi connectivity index (χ3n) is 7.99. The quantitative estimate of drug-likeness (QED) is 0.484. The molecule has 2 heterocycles. The Bertz CT molecular complexity index is 1060. The molecule has 0 aromatic heterocycles. The fraction of sp³-hybridized carbons (Fsp3) is 0.586. The Morgan fingerprint density at radius 2 is 1.65 bits per heavy atom. The number of hydrogen-bond donors (Lipinski definition) is 1. The molecule has 8 heteroatoms. The average molecular weight is 521 g/mol. The van der Waals surface area contributed by atoms with Gasteiger partial charge in [-0.25, -0.2) is 0 Å². The van der Waals surface area contributed by atoms with Gasteiger partial charge in [0.2, 0.25) is 0 Å². The maximum Gasteiger partial charge on any atom is 0.416 e. The van der Waals surface area contributed by atoms with E-state index in [0.29, 0.717) is 38.1 Å². The van der Waals surface area contributed by atoms with Crippen LogP contribution < -0.4 is 4.74 Å². The van der Waals surface area contributed by atoms with Gasteiger partial charge in [0, 0.05) is 39.3 Å². The summed E-state index contributed by atoms with van der Waals surface area (Å²) in [6, 6.07) is 8.36. The number of likely N-dealkylation sites (tertiary alicyclic amines) is 1. The summed E-state index contributed by atoms with van der Waals surface area (Å²) in [6.07, 6.45) is -2.65. The molecule has 2 aliphatic heterocycles. The SMILES string of the molecule is Cc1ccc(C2(O)CCN(Cc3ccc(OCCCN4CCOCC4)c(C)c3C)CC2)cc1C(F)(F)F. The molecule has 2 fully saturated rings. The monoisotopic (exact) mass is 520 g/mol. The van der Waals surface area contributed by atoms with E-state index in [1.54, 1.807) is 6.07 Å². The topological polar surface area (TPSA) is 45.2 Å². The number of aliphatic hydroxyl groups is 1. The Morgan fingerprint density at radius 3 is 2.32 bits per heavy atom. The zero-order valence-electron chi connectivity index (χ0n) is 22.2. The van der Waals surface area contributed by atoms with E-state index in [9.17, 15) is 18.3 Å². The van der Waals surface area contributed by atoms with Gasteiger partial charge < -0.3 is 14.6 Å². The lowest BCUT2D eigenvalue weighted by Crippen LogP contribution is -2.42. The summed E-state index contributed by atoms with van der Waals surface area (Å²) in [4.78, 5) is 4.67. The number of benzene rings is 2. The molecule has 5 nitrogen and oxygen atoms in total. The number of rotatable bonds is 8. The van der Waals surface area contributed by atoms with Gasteiger partial charge in [0.25, 0.3) is 0 Å². The van der Waals surface area contributed by atoms with Gasteiger partial charge >= 0.3 is 6.18 Å². The van der Waals surface area contributed by atoms with Crippen LogP contribution in [-0.4, -0.2) is 67.5 Å². The summed E-state index contributed by atoms with van der Waals surface area (Å²) in [5, 5.41) is 11.2. The zero-order chi connectivity index (χ0) is 26.6. The standard InChI is InChI=1S/C29H39F3N2O3/c1-21-5-7-25(19-26(21)29(30,31)32)28(35)9-12-34(13-10-28)20-24-6-8-27(23(3)22(24)2)37-16-4-11-33-14-17-36-18-15-33/h5-8,19,35H,4,9-18,20H2,1-3H3. The normalized spacial score (nSPS) is 19.2. The second-order valence-electron chi connectivity index (χ2n) is 10.5. The molecule has 0 atom stereocenters. The third kappa shape index (κ3) is 6.85. The number of aryl methyl sites for hydroxylation is 1. The van der Waals surface area contributed by atoms with Gasteiger partial charge in [0.05, 0.1) is 31.0 Å². The Kier molecular flexibility index (Phi) is 8.84. The number of ether oxygens (including phenoxy) is 2. The second kappa shape index (κ2) is 11.7. The molecule has 2 aromatic rings. The van der Waals surface area contributed by atoms with Crippen molar-refractivity contribution >= 4 is 0 Å². The Hall–Kier alpha value is -2.13. The highest BCUT2D eigenvalue weighted by molar-refractivity contribution is 5.43. The van der Waals surface area contributed by atoms with E-state index in [1.807, 2.05) is 6.07 Å². The fourth-order valence-electron chi connectivity index (χ4n) is 5.30. The summed E-state index contributed by atoms with van der Waals surface area (Å²) in [5.41, 5.74) is 2.15. The molecule has 0 spiro atoms. The molecule has 2 aliphatic rings. The van der Waals surface area contributed by atoms with Gasteiger partial charge in [0.15, 0.2) is 0 Å². The molecule has 2 aromatic carbocycles. The van der Waals surface area contributed by atoms with Crippen LogP contribution in [0.3, 0.4) is 0 Å². The minimum atomic E-state index is -4.43. The van der Waals surface area contributed by atoms with E-state index in [0.717, 1.165) is 63.2 Å². The molecule has 0 amide bonds. The highest BCUT2D eigenvalue weighted by atomic mass is 19.4. The first-order valence-electron chi connectivity index (χ1n) is 13.2. The van der Waals surface area contributed by atoms with E-state index in [2.05, 4.69) is 29.7 Å². The van der Waals surface area contributed by atoms with Crippen LogP contribution in [0.1, 0.15) is 52.6 Å². The smallest absolute Gasteiger partial charge is 0.416 e. The number of alkyl halides is 3. The zero-order valence-corrected chi connectivity index (χ0v) is 22.2. The van der Waals surface area contributed by atoms with Crippen molar-refractivity contribution in [1.29, 1.82) is 0 Å². The highest BCUT2D eigenvalue weighted by Gasteiger charge is 2.38. The van der Waals surface area contributed by atoms with Crippen molar-refractivity contribution < 1.29 is 27.8 Å². The third-order valence-corrected chi connectivity index (χ3v) is 7.99. The first-order chi connectivity index (χ1) is 17.6. The van der Waals surface area contributed by atoms with E-state index in [-0.39, 0.29) is 5.56 Å². The second-order valence-corrected chi connectivity index (χ2v) is 10.5. The van der Waals surface area contributed by atoms with Gasteiger partial charge in [-0.05, 0) is 80.0 Å². The number of morpholine rings is 1. The molecule has 204 valence electrons. The van der Waals surface area contributed by atoms with Crippen LogP contribution in [0.25, 0.3) is 0 Å². The van der Waals surface area contributed by atoms with E-state index < -0.39 is 17.3 Å². The van der Waals surface area contributed by atoms with E-state index >= 15 is 0 Å². The van der Waals surface area contributed by atoms with Crippen LogP contribution in [0, 0.1) is 20.8 Å². The van der Waals surface area contributed by atoms with Crippen molar-refractivity contribution in [1.82, 2.24) is 9.80 Å². The van der Waals surface area contributed by atoms with Crippen molar-refractivity contribution in [2.45, 2.75) is 58.4 Å².